The smallest absolute Gasteiger partial charge is 0.219 e. The van der Waals surface area contributed by atoms with Crippen LogP contribution in [0, 0.1) is 0 Å². The van der Waals surface area contributed by atoms with Crippen molar-refractivity contribution in [1.82, 2.24) is 10.3 Å². The number of aromatic nitrogens is 1. The molecular formula is C20H27N3O2. The van der Waals surface area contributed by atoms with Crippen molar-refractivity contribution >= 4 is 5.70 Å². The lowest BCUT2D eigenvalue weighted by molar-refractivity contribution is 0.373. The quantitative estimate of drug-likeness (QED) is 0.637. The highest BCUT2D eigenvalue weighted by Gasteiger charge is 2.08. The molecule has 0 aliphatic carbocycles. The summed E-state index contributed by atoms with van der Waals surface area (Å²) in [6.45, 7) is 7.73. The summed E-state index contributed by atoms with van der Waals surface area (Å²) < 4.78 is 11.3. The van der Waals surface area contributed by atoms with E-state index in [2.05, 4.69) is 23.8 Å². The van der Waals surface area contributed by atoms with Gasteiger partial charge in [-0.3, -0.25) is 0 Å². The zero-order valence-electron chi connectivity index (χ0n) is 15.0. The second kappa shape index (κ2) is 9.69. The van der Waals surface area contributed by atoms with Gasteiger partial charge in [0.2, 0.25) is 5.88 Å². The molecule has 0 bridgehead atoms. The predicted octanol–water partition coefficient (Wildman–Crippen LogP) is 4.09. The van der Waals surface area contributed by atoms with Gasteiger partial charge >= 0.3 is 0 Å². The van der Waals surface area contributed by atoms with E-state index in [4.69, 9.17) is 15.2 Å². The first-order chi connectivity index (χ1) is 12.1. The van der Waals surface area contributed by atoms with Crippen LogP contribution in [-0.4, -0.2) is 18.6 Å². The third-order valence-corrected chi connectivity index (χ3v) is 3.84. The first-order valence-corrected chi connectivity index (χ1v) is 8.60. The maximum absolute atomic E-state index is 5.82. The average molecular weight is 341 g/mol. The molecule has 3 N–H and O–H groups in total. The van der Waals surface area contributed by atoms with Crippen LogP contribution in [0.25, 0.3) is 5.70 Å². The number of benzene rings is 1. The molecule has 0 aliphatic rings. The fourth-order valence-corrected chi connectivity index (χ4v) is 2.38. The molecule has 5 heteroatoms. The molecule has 25 heavy (non-hydrogen) atoms. The minimum atomic E-state index is 0.479. The Morgan fingerprint density at radius 2 is 2.04 bits per heavy atom. The van der Waals surface area contributed by atoms with Gasteiger partial charge in [-0.2, -0.15) is 0 Å². The molecule has 2 aromatic rings. The summed E-state index contributed by atoms with van der Waals surface area (Å²) in [6.07, 6.45) is 5.33. The highest BCUT2D eigenvalue weighted by atomic mass is 16.5. The van der Waals surface area contributed by atoms with Gasteiger partial charge in [-0.05, 0) is 36.7 Å². The van der Waals surface area contributed by atoms with Crippen molar-refractivity contribution in [1.29, 1.82) is 0 Å². The molecular weight excluding hydrogens is 314 g/mol. The lowest BCUT2D eigenvalue weighted by Gasteiger charge is -2.12. The Morgan fingerprint density at radius 3 is 2.68 bits per heavy atom. The number of hydrogen-bond acceptors (Lipinski definition) is 5. The number of nitrogens with one attached hydrogen (secondary N) is 1. The van der Waals surface area contributed by atoms with Crippen LogP contribution in [0.4, 0.5) is 0 Å². The number of unbranched alkanes of at least 4 members (excludes halogenated alkanes) is 2. The molecule has 5 nitrogen and oxygen atoms in total. The number of nitrogens with zero attached hydrogens (tertiary/aromatic N) is 1. The SMILES string of the molecule is C=C(N)c1ccc(Oc2ccc(CNCCCCC)cc2OC)nc1. The summed E-state index contributed by atoms with van der Waals surface area (Å²) in [4.78, 5) is 4.24. The molecule has 0 radical (unpaired) electrons. The minimum Gasteiger partial charge on any atom is -0.493 e. The molecule has 1 aromatic heterocycles. The molecule has 0 unspecified atom stereocenters. The minimum absolute atomic E-state index is 0.479. The highest BCUT2D eigenvalue weighted by Crippen LogP contribution is 2.31. The van der Waals surface area contributed by atoms with Gasteiger partial charge < -0.3 is 20.5 Å². The van der Waals surface area contributed by atoms with Gasteiger partial charge in [-0.15, -0.1) is 0 Å². The van der Waals surface area contributed by atoms with E-state index in [9.17, 15) is 0 Å². The van der Waals surface area contributed by atoms with Crippen LogP contribution in [0.15, 0.2) is 43.1 Å². The summed E-state index contributed by atoms with van der Waals surface area (Å²) in [7, 11) is 1.63. The van der Waals surface area contributed by atoms with E-state index in [1.165, 1.54) is 19.3 Å². The van der Waals surface area contributed by atoms with Gasteiger partial charge in [0.1, 0.15) is 0 Å². The first-order valence-electron chi connectivity index (χ1n) is 8.60. The number of hydrogen-bond donors (Lipinski definition) is 2. The lowest BCUT2D eigenvalue weighted by atomic mass is 10.2. The standard InChI is InChI=1S/C20H27N3O2/c1-4-5-6-11-22-13-16-7-9-18(19(12-16)24-3)25-20-10-8-17(14-23-20)15(2)21/h7-10,12,14,22H,2,4-6,11,13,21H2,1,3H3. The molecule has 2 rings (SSSR count). The van der Waals surface area contributed by atoms with Crippen LogP contribution in [0.3, 0.4) is 0 Å². The molecule has 0 aliphatic heterocycles. The number of rotatable bonds is 10. The molecule has 0 amide bonds. The molecule has 0 saturated carbocycles. The van der Waals surface area contributed by atoms with Crippen LogP contribution < -0.4 is 20.5 Å². The second-order valence-electron chi connectivity index (χ2n) is 5.88. The van der Waals surface area contributed by atoms with Gasteiger partial charge in [0.15, 0.2) is 11.5 Å². The highest BCUT2D eigenvalue weighted by molar-refractivity contribution is 5.59. The van der Waals surface area contributed by atoms with E-state index in [-0.39, 0.29) is 0 Å². The molecule has 1 heterocycles. The Labute approximate surface area is 149 Å². The molecule has 1 aromatic carbocycles. The second-order valence-corrected chi connectivity index (χ2v) is 5.88. The van der Waals surface area contributed by atoms with Crippen molar-refractivity contribution in [2.24, 2.45) is 5.73 Å². The first kappa shape index (κ1) is 18.8. The van der Waals surface area contributed by atoms with E-state index in [0.29, 0.717) is 23.1 Å². The van der Waals surface area contributed by atoms with Crippen molar-refractivity contribution in [2.75, 3.05) is 13.7 Å². The van der Waals surface area contributed by atoms with Gasteiger partial charge in [0.25, 0.3) is 0 Å². The summed E-state index contributed by atoms with van der Waals surface area (Å²) >= 11 is 0. The van der Waals surface area contributed by atoms with E-state index in [1.54, 1.807) is 19.4 Å². The fraction of sp³-hybridized carbons (Fsp3) is 0.350. The zero-order valence-corrected chi connectivity index (χ0v) is 15.0. The van der Waals surface area contributed by atoms with E-state index < -0.39 is 0 Å². The number of methoxy groups -OCH3 is 1. The van der Waals surface area contributed by atoms with Crippen molar-refractivity contribution in [3.8, 4) is 17.4 Å². The Bertz CT molecular complexity index is 684. The van der Waals surface area contributed by atoms with Crippen molar-refractivity contribution in [2.45, 2.75) is 32.7 Å². The van der Waals surface area contributed by atoms with Crippen molar-refractivity contribution < 1.29 is 9.47 Å². The maximum Gasteiger partial charge on any atom is 0.219 e. The van der Waals surface area contributed by atoms with Crippen LogP contribution >= 0.6 is 0 Å². The van der Waals surface area contributed by atoms with Crippen LogP contribution in [0.2, 0.25) is 0 Å². The lowest BCUT2D eigenvalue weighted by Crippen LogP contribution is -2.14. The molecule has 134 valence electrons. The predicted molar refractivity (Wildman–Crippen MR) is 102 cm³/mol. The van der Waals surface area contributed by atoms with E-state index in [1.807, 2.05) is 24.3 Å². The summed E-state index contributed by atoms with van der Waals surface area (Å²) in [6, 6.07) is 9.50. The van der Waals surface area contributed by atoms with E-state index in [0.717, 1.165) is 24.2 Å². The van der Waals surface area contributed by atoms with Crippen molar-refractivity contribution in [3.05, 3.63) is 54.2 Å². The molecule has 0 fully saturated rings. The Balaban J connectivity index is 1.99. The molecule has 0 saturated heterocycles. The number of nitrogens with two attached hydrogens (primary N) is 1. The van der Waals surface area contributed by atoms with Crippen molar-refractivity contribution in [3.63, 3.8) is 0 Å². The Kier molecular flexibility index (Phi) is 7.29. The molecule has 0 atom stereocenters. The number of pyridine rings is 1. The zero-order chi connectivity index (χ0) is 18.1. The Hall–Kier alpha value is -2.53. The van der Waals surface area contributed by atoms with Crippen LogP contribution in [-0.2, 0) is 6.54 Å². The van der Waals surface area contributed by atoms with Gasteiger partial charge in [-0.1, -0.05) is 32.4 Å². The monoisotopic (exact) mass is 341 g/mol. The van der Waals surface area contributed by atoms with Gasteiger partial charge in [0, 0.05) is 30.1 Å². The topological polar surface area (TPSA) is 69.4 Å². The third kappa shape index (κ3) is 5.80. The average Bonchev–Trinajstić information content (AvgIpc) is 2.63. The summed E-state index contributed by atoms with van der Waals surface area (Å²) in [5.74, 6) is 1.79. The van der Waals surface area contributed by atoms with E-state index >= 15 is 0 Å². The number of ether oxygens (including phenoxy) is 2. The van der Waals surface area contributed by atoms with Crippen LogP contribution in [0.1, 0.15) is 37.3 Å². The van der Waals surface area contributed by atoms with Gasteiger partial charge in [-0.25, -0.2) is 4.98 Å². The largest absolute Gasteiger partial charge is 0.493 e. The maximum atomic E-state index is 5.82. The normalized spacial score (nSPS) is 10.5. The molecule has 0 spiro atoms. The van der Waals surface area contributed by atoms with Gasteiger partial charge in [0.05, 0.1) is 7.11 Å². The third-order valence-electron chi connectivity index (χ3n) is 3.84. The summed E-state index contributed by atoms with van der Waals surface area (Å²) in [5, 5.41) is 3.44. The van der Waals surface area contributed by atoms with Crippen LogP contribution in [0.5, 0.6) is 17.4 Å². The fourth-order valence-electron chi connectivity index (χ4n) is 2.38. The Morgan fingerprint density at radius 1 is 1.20 bits per heavy atom. The summed E-state index contributed by atoms with van der Waals surface area (Å²) in [5.41, 5.74) is 8.06.